The van der Waals surface area contributed by atoms with Crippen LogP contribution >= 0.6 is 23.6 Å². The van der Waals surface area contributed by atoms with Crippen LogP contribution < -0.4 is 15.6 Å². The van der Waals surface area contributed by atoms with E-state index in [9.17, 15) is 4.79 Å². The van der Waals surface area contributed by atoms with Crippen molar-refractivity contribution in [1.29, 1.82) is 0 Å². The van der Waals surface area contributed by atoms with Gasteiger partial charge < -0.3 is 19.9 Å². The van der Waals surface area contributed by atoms with Crippen molar-refractivity contribution in [2.24, 2.45) is 0 Å². The van der Waals surface area contributed by atoms with Gasteiger partial charge in [-0.05, 0) is 92.0 Å². The van der Waals surface area contributed by atoms with Crippen LogP contribution in [0.3, 0.4) is 0 Å². The number of thiocarbonyl (C=S) groups is 1. The second-order valence-electron chi connectivity index (χ2n) is 7.99. The zero-order valence-electron chi connectivity index (χ0n) is 19.0. The molecule has 7 heteroatoms. The zero-order valence-corrected chi connectivity index (χ0v) is 20.6. The Hall–Kier alpha value is -3.16. The monoisotopic (exact) mass is 477 g/mol. The molecule has 2 aromatic heterocycles. The van der Waals surface area contributed by atoms with Gasteiger partial charge in [0, 0.05) is 27.0 Å². The molecule has 0 aliphatic rings. The molecular weight excluding hydrogens is 450 g/mol. The second kappa shape index (κ2) is 10.2. The first-order chi connectivity index (χ1) is 15.9. The molecule has 170 valence electrons. The van der Waals surface area contributed by atoms with E-state index in [0.29, 0.717) is 30.4 Å². The Kier molecular flexibility index (Phi) is 7.11. The highest BCUT2D eigenvalue weighted by Gasteiger charge is 2.15. The first kappa shape index (κ1) is 23.0. The van der Waals surface area contributed by atoms with E-state index in [-0.39, 0.29) is 5.56 Å². The first-order valence-electron chi connectivity index (χ1n) is 10.9. The predicted molar refractivity (Wildman–Crippen MR) is 141 cm³/mol. The van der Waals surface area contributed by atoms with Gasteiger partial charge in [0.2, 0.25) is 0 Å². The van der Waals surface area contributed by atoms with Gasteiger partial charge in [0.1, 0.15) is 5.75 Å². The van der Waals surface area contributed by atoms with Crippen molar-refractivity contribution < 1.29 is 4.74 Å². The Balaban J connectivity index is 1.61. The summed E-state index contributed by atoms with van der Waals surface area (Å²) in [6.45, 7) is 7.70. The summed E-state index contributed by atoms with van der Waals surface area (Å²) in [6.07, 6.45) is 0. The Morgan fingerprint density at radius 2 is 1.91 bits per heavy atom. The molecule has 0 radical (unpaired) electrons. The first-order valence-corrected chi connectivity index (χ1v) is 12.2. The highest BCUT2D eigenvalue weighted by atomic mass is 32.1. The van der Waals surface area contributed by atoms with Crippen molar-refractivity contribution in [2.45, 2.75) is 33.9 Å². The maximum Gasteiger partial charge on any atom is 0.253 e. The number of aromatic nitrogens is 1. The van der Waals surface area contributed by atoms with Crippen molar-refractivity contribution >= 4 is 45.3 Å². The average Bonchev–Trinajstić information content (AvgIpc) is 3.29. The van der Waals surface area contributed by atoms with E-state index in [0.717, 1.165) is 33.5 Å². The molecular formula is C26H27N3O2S2. The SMILES string of the molecule is CCOc1ccc(NC(=S)N(Cc2cccs2)Cc2cc3c(C)cc(C)cc3[nH]c2=O)cc1. The maximum absolute atomic E-state index is 12.9. The third kappa shape index (κ3) is 5.61. The lowest BCUT2D eigenvalue weighted by molar-refractivity contribution is 0.340. The molecule has 5 nitrogen and oxygen atoms in total. The van der Waals surface area contributed by atoms with E-state index < -0.39 is 0 Å². The van der Waals surface area contributed by atoms with Gasteiger partial charge in [-0.3, -0.25) is 4.79 Å². The largest absolute Gasteiger partial charge is 0.494 e. The topological polar surface area (TPSA) is 57.4 Å². The van der Waals surface area contributed by atoms with Gasteiger partial charge in [-0.25, -0.2) is 0 Å². The molecule has 2 heterocycles. The summed E-state index contributed by atoms with van der Waals surface area (Å²) in [6, 6.07) is 17.9. The van der Waals surface area contributed by atoms with Crippen LogP contribution in [0.25, 0.3) is 10.9 Å². The molecule has 2 N–H and O–H groups in total. The summed E-state index contributed by atoms with van der Waals surface area (Å²) in [7, 11) is 0. The van der Waals surface area contributed by atoms with E-state index in [2.05, 4.69) is 29.4 Å². The van der Waals surface area contributed by atoms with Crippen LogP contribution in [-0.2, 0) is 13.1 Å². The number of aryl methyl sites for hydroxylation is 2. The third-order valence-corrected chi connectivity index (χ3v) is 6.60. The Morgan fingerprint density at radius 3 is 2.61 bits per heavy atom. The predicted octanol–water partition coefficient (Wildman–Crippen LogP) is 6.00. The van der Waals surface area contributed by atoms with E-state index in [1.54, 1.807) is 11.3 Å². The number of hydrogen-bond acceptors (Lipinski definition) is 4. The molecule has 4 rings (SSSR count). The second-order valence-corrected chi connectivity index (χ2v) is 9.41. The van der Waals surface area contributed by atoms with Crippen molar-refractivity contribution in [3.63, 3.8) is 0 Å². The minimum atomic E-state index is -0.0902. The number of anilines is 1. The molecule has 0 atom stereocenters. The van der Waals surface area contributed by atoms with E-state index in [4.69, 9.17) is 17.0 Å². The maximum atomic E-state index is 12.9. The van der Waals surface area contributed by atoms with Gasteiger partial charge in [0.25, 0.3) is 5.56 Å². The van der Waals surface area contributed by atoms with Crippen molar-refractivity contribution in [3.8, 4) is 5.75 Å². The van der Waals surface area contributed by atoms with Crippen LogP contribution in [0.15, 0.2) is 64.8 Å². The third-order valence-electron chi connectivity index (χ3n) is 5.38. The number of benzene rings is 2. The number of H-pyrrole nitrogens is 1. The van der Waals surface area contributed by atoms with Crippen molar-refractivity contribution in [3.05, 3.63) is 91.9 Å². The van der Waals surface area contributed by atoms with Crippen molar-refractivity contribution in [2.75, 3.05) is 11.9 Å². The highest BCUT2D eigenvalue weighted by molar-refractivity contribution is 7.80. The summed E-state index contributed by atoms with van der Waals surface area (Å²) in [5.41, 5.74) is 4.60. The van der Waals surface area contributed by atoms with Crippen LogP contribution in [0.5, 0.6) is 5.75 Å². The average molecular weight is 478 g/mol. The molecule has 0 saturated heterocycles. The lowest BCUT2D eigenvalue weighted by atomic mass is 10.0. The molecule has 0 spiro atoms. The molecule has 0 saturated carbocycles. The van der Waals surface area contributed by atoms with Crippen LogP contribution in [-0.4, -0.2) is 21.6 Å². The summed E-state index contributed by atoms with van der Waals surface area (Å²) in [4.78, 5) is 19.2. The van der Waals surface area contributed by atoms with E-state index in [1.165, 1.54) is 4.88 Å². The molecule has 0 fully saturated rings. The minimum Gasteiger partial charge on any atom is -0.494 e. The van der Waals surface area contributed by atoms with Gasteiger partial charge in [-0.1, -0.05) is 12.1 Å². The number of hydrogen-bond donors (Lipinski definition) is 2. The normalized spacial score (nSPS) is 10.9. The summed E-state index contributed by atoms with van der Waals surface area (Å²) >= 11 is 7.44. The Bertz CT molecular complexity index is 1310. The zero-order chi connectivity index (χ0) is 23.4. The molecule has 33 heavy (non-hydrogen) atoms. The van der Waals surface area contributed by atoms with Crippen LogP contribution in [0, 0.1) is 13.8 Å². The number of ether oxygens (including phenoxy) is 1. The molecule has 0 aliphatic carbocycles. The molecule has 0 bridgehead atoms. The fraction of sp³-hybridized carbons (Fsp3) is 0.231. The van der Waals surface area contributed by atoms with Gasteiger partial charge in [-0.15, -0.1) is 11.3 Å². The number of nitrogens with zero attached hydrogens (tertiary/aromatic N) is 1. The van der Waals surface area contributed by atoms with E-state index in [1.807, 2.05) is 66.6 Å². The fourth-order valence-electron chi connectivity index (χ4n) is 3.83. The van der Waals surface area contributed by atoms with Gasteiger partial charge in [0.15, 0.2) is 5.11 Å². The lowest BCUT2D eigenvalue weighted by Gasteiger charge is -2.25. The minimum absolute atomic E-state index is 0.0902. The van der Waals surface area contributed by atoms with E-state index >= 15 is 0 Å². The quantitative estimate of drug-likeness (QED) is 0.320. The Labute approximate surface area is 203 Å². The van der Waals surface area contributed by atoms with Crippen LogP contribution in [0.4, 0.5) is 5.69 Å². The standard InChI is InChI=1S/C26H27N3O2S2/c1-4-31-21-9-7-20(8-10-21)27-26(32)29(16-22-6-5-11-33-22)15-19-14-23-18(3)12-17(2)13-24(23)28-25(19)30/h5-14H,4,15-16H2,1-3H3,(H,27,32)(H,28,30). The summed E-state index contributed by atoms with van der Waals surface area (Å²) in [5, 5.41) is 6.98. The molecule has 4 aromatic rings. The molecule has 2 aromatic carbocycles. The molecule has 0 amide bonds. The van der Waals surface area contributed by atoms with Crippen LogP contribution in [0.2, 0.25) is 0 Å². The highest BCUT2D eigenvalue weighted by Crippen LogP contribution is 2.21. The number of fused-ring (bicyclic) bond motifs is 1. The van der Waals surface area contributed by atoms with Crippen LogP contribution in [0.1, 0.15) is 28.5 Å². The number of rotatable bonds is 7. The number of thiophene rings is 1. The molecule has 0 unspecified atom stereocenters. The van der Waals surface area contributed by atoms with Gasteiger partial charge in [0.05, 0.1) is 19.7 Å². The number of aromatic amines is 1. The van der Waals surface area contributed by atoms with Crippen molar-refractivity contribution in [1.82, 2.24) is 9.88 Å². The van der Waals surface area contributed by atoms with Gasteiger partial charge in [-0.2, -0.15) is 0 Å². The van der Waals surface area contributed by atoms with Gasteiger partial charge >= 0.3 is 0 Å². The fourth-order valence-corrected chi connectivity index (χ4v) is 4.80. The summed E-state index contributed by atoms with van der Waals surface area (Å²) < 4.78 is 5.52. The number of nitrogens with one attached hydrogen (secondary N) is 2. The number of pyridine rings is 1. The molecule has 0 aliphatic heterocycles. The smallest absolute Gasteiger partial charge is 0.253 e. The Morgan fingerprint density at radius 1 is 1.12 bits per heavy atom. The lowest BCUT2D eigenvalue weighted by Crippen LogP contribution is -2.35. The summed E-state index contributed by atoms with van der Waals surface area (Å²) in [5.74, 6) is 0.817.